The minimum Gasteiger partial charge on any atom is -0.489 e. The fourth-order valence-electron chi connectivity index (χ4n) is 5.33. The number of furan rings is 1. The summed E-state index contributed by atoms with van der Waals surface area (Å²) < 4.78 is 29.9. The molecule has 5 aromatic rings. The monoisotopic (exact) mass is 601 g/mol. The van der Waals surface area contributed by atoms with Gasteiger partial charge in [0.05, 0.1) is 12.0 Å². The lowest BCUT2D eigenvalue weighted by molar-refractivity contribution is 0.222. The number of thiazole rings is 1. The van der Waals surface area contributed by atoms with Gasteiger partial charge < -0.3 is 25.1 Å². The van der Waals surface area contributed by atoms with Crippen LogP contribution in [0.1, 0.15) is 6.42 Å². The molecule has 4 aromatic heterocycles. The lowest BCUT2D eigenvalue weighted by atomic mass is 10.2. The lowest BCUT2D eigenvalue weighted by Gasteiger charge is -2.36. The summed E-state index contributed by atoms with van der Waals surface area (Å²) in [4.78, 5) is 26.2. The highest BCUT2D eigenvalue weighted by Gasteiger charge is 2.23. The van der Waals surface area contributed by atoms with Crippen molar-refractivity contribution >= 4 is 51.4 Å². The molecular weight excluding hydrogens is 573 g/mol. The molecule has 0 saturated carbocycles. The van der Waals surface area contributed by atoms with Gasteiger partial charge in [-0.15, -0.1) is 17.5 Å². The van der Waals surface area contributed by atoms with Gasteiger partial charge in [-0.05, 0) is 37.2 Å². The van der Waals surface area contributed by atoms with Gasteiger partial charge in [0.15, 0.2) is 17.1 Å². The number of benzene rings is 1. The Morgan fingerprint density at radius 2 is 2.00 bits per heavy atom. The van der Waals surface area contributed by atoms with Crippen LogP contribution in [0.5, 0.6) is 5.75 Å². The summed E-state index contributed by atoms with van der Waals surface area (Å²) in [6.07, 6.45) is 2.57. The minimum absolute atomic E-state index is 0. The van der Waals surface area contributed by atoms with E-state index in [1.165, 1.54) is 10.6 Å². The summed E-state index contributed by atoms with van der Waals surface area (Å²) in [6, 6.07) is 8.65. The second kappa shape index (κ2) is 11.3. The van der Waals surface area contributed by atoms with E-state index in [0.29, 0.717) is 65.2 Å². The molecule has 216 valence electrons. The van der Waals surface area contributed by atoms with Crippen LogP contribution in [0.25, 0.3) is 27.6 Å². The molecule has 0 unspecified atom stereocenters. The topological polar surface area (TPSA) is 132 Å². The van der Waals surface area contributed by atoms with E-state index in [0.717, 1.165) is 43.9 Å². The summed E-state index contributed by atoms with van der Waals surface area (Å²) in [6.45, 7) is 5.69. The number of fused-ring (bicyclic) bond motifs is 3. The van der Waals surface area contributed by atoms with E-state index in [1.54, 1.807) is 29.0 Å². The number of anilines is 2. The van der Waals surface area contributed by atoms with Crippen LogP contribution >= 0.6 is 23.7 Å². The number of nitrogens with two attached hydrogens (primary N) is 1. The molecule has 2 aliphatic rings. The molecule has 1 atom stereocenters. The van der Waals surface area contributed by atoms with Crippen LogP contribution < -0.4 is 25.6 Å². The van der Waals surface area contributed by atoms with Crippen LogP contribution in [0, 0.1) is 5.82 Å². The first-order valence-corrected chi connectivity index (χ1v) is 14.1. The summed E-state index contributed by atoms with van der Waals surface area (Å²) in [5, 5.41) is 7.65. The smallest absolute Gasteiger partial charge is 0.309 e. The highest BCUT2D eigenvalue weighted by Crippen LogP contribution is 2.27. The molecule has 15 heteroatoms. The van der Waals surface area contributed by atoms with Gasteiger partial charge >= 0.3 is 4.87 Å². The van der Waals surface area contributed by atoms with Crippen molar-refractivity contribution in [1.82, 2.24) is 34.4 Å². The van der Waals surface area contributed by atoms with E-state index < -0.39 is 0 Å². The fourth-order valence-corrected chi connectivity index (χ4v) is 6.26. The average molecular weight is 602 g/mol. The third-order valence-electron chi connectivity index (χ3n) is 7.45. The summed E-state index contributed by atoms with van der Waals surface area (Å²) in [5.74, 6) is 1.32. The Morgan fingerprint density at radius 1 is 1.15 bits per heavy atom. The standard InChI is InChI=1S/C26H28FN9O3S.ClH/c27-18-14-16(39-17-5-6-29-15-17)3-4-19(18)34-10-7-33(8-11-34)9-12-35-23-21(40-26(35)37)24-30-22(20-2-1-13-38-20)32-36(24)25(28)31-23;/h1-4,13-14,17,29H,5-12,15H2,(H2,28,31);1H/t17-;/m0./s1. The Labute approximate surface area is 243 Å². The maximum Gasteiger partial charge on any atom is 0.309 e. The summed E-state index contributed by atoms with van der Waals surface area (Å²) in [5.41, 5.74) is 7.74. The molecular formula is C26H29ClFN9O3S. The van der Waals surface area contributed by atoms with Crippen molar-refractivity contribution in [3.8, 4) is 17.3 Å². The van der Waals surface area contributed by atoms with Crippen LogP contribution in [-0.2, 0) is 6.54 Å². The summed E-state index contributed by atoms with van der Waals surface area (Å²) >= 11 is 1.08. The zero-order valence-electron chi connectivity index (χ0n) is 22.0. The van der Waals surface area contributed by atoms with E-state index in [2.05, 4.69) is 30.2 Å². The van der Waals surface area contributed by atoms with Gasteiger partial charge in [0.2, 0.25) is 11.8 Å². The van der Waals surface area contributed by atoms with Crippen molar-refractivity contribution in [3.63, 3.8) is 0 Å². The van der Waals surface area contributed by atoms with Gasteiger partial charge in [-0.25, -0.2) is 9.37 Å². The second-order valence-electron chi connectivity index (χ2n) is 9.97. The first-order chi connectivity index (χ1) is 19.5. The van der Waals surface area contributed by atoms with E-state index in [1.807, 2.05) is 6.07 Å². The molecule has 0 spiro atoms. The van der Waals surface area contributed by atoms with Crippen LogP contribution in [0.15, 0.2) is 45.8 Å². The van der Waals surface area contributed by atoms with Gasteiger partial charge in [-0.1, -0.05) is 11.3 Å². The maximum atomic E-state index is 14.9. The van der Waals surface area contributed by atoms with Crippen molar-refractivity contribution in [2.24, 2.45) is 0 Å². The Balaban J connectivity index is 0.00000302. The van der Waals surface area contributed by atoms with E-state index in [9.17, 15) is 9.18 Å². The average Bonchev–Trinajstić information content (AvgIpc) is 3.76. The van der Waals surface area contributed by atoms with Crippen molar-refractivity contribution in [2.45, 2.75) is 19.1 Å². The number of aromatic nitrogens is 5. The highest BCUT2D eigenvalue weighted by atomic mass is 35.5. The van der Waals surface area contributed by atoms with Crippen LogP contribution in [0.4, 0.5) is 16.0 Å². The first-order valence-electron chi connectivity index (χ1n) is 13.3. The minimum atomic E-state index is -0.271. The second-order valence-corrected chi connectivity index (χ2v) is 10.9. The highest BCUT2D eigenvalue weighted by molar-refractivity contribution is 7.17. The third kappa shape index (κ3) is 5.23. The molecule has 2 fully saturated rings. The molecule has 2 saturated heterocycles. The quantitative estimate of drug-likeness (QED) is 0.287. The number of rotatable bonds is 7. The van der Waals surface area contributed by atoms with Crippen LogP contribution in [0.2, 0.25) is 0 Å². The van der Waals surface area contributed by atoms with Crippen molar-refractivity contribution < 1.29 is 13.5 Å². The van der Waals surface area contributed by atoms with Gasteiger partial charge in [-0.3, -0.25) is 14.3 Å². The Hall–Kier alpha value is -3.72. The molecule has 7 rings (SSSR count). The normalized spacial score (nSPS) is 17.9. The molecule has 3 N–H and O–H groups in total. The number of nitrogens with one attached hydrogen (secondary N) is 1. The fraction of sp³-hybridized carbons (Fsp3) is 0.385. The van der Waals surface area contributed by atoms with Crippen molar-refractivity contribution in [2.75, 3.05) is 56.4 Å². The van der Waals surface area contributed by atoms with Crippen LogP contribution in [-0.4, -0.2) is 81.0 Å². The number of nitrogen functional groups attached to an aromatic ring is 1. The molecule has 6 heterocycles. The zero-order chi connectivity index (χ0) is 27.2. The van der Waals surface area contributed by atoms with Crippen molar-refractivity contribution in [3.05, 3.63) is 52.1 Å². The molecule has 1 aromatic carbocycles. The lowest BCUT2D eigenvalue weighted by Crippen LogP contribution is -2.47. The van der Waals surface area contributed by atoms with Gasteiger partial charge in [0.1, 0.15) is 22.4 Å². The van der Waals surface area contributed by atoms with Crippen molar-refractivity contribution in [1.29, 1.82) is 0 Å². The number of hydrogen-bond acceptors (Lipinski definition) is 11. The SMILES string of the molecule is Cl.Nc1nc2c(sc(=O)n2CCN2CCN(c3ccc(O[C@H]4CCNC4)cc3F)CC2)c2nc(-c3ccco3)nn12. The zero-order valence-corrected chi connectivity index (χ0v) is 23.7. The Bertz CT molecular complexity index is 1720. The molecule has 41 heavy (non-hydrogen) atoms. The third-order valence-corrected chi connectivity index (χ3v) is 8.41. The van der Waals surface area contributed by atoms with Gasteiger partial charge in [0, 0.05) is 51.9 Å². The molecule has 0 aliphatic carbocycles. The van der Waals surface area contributed by atoms with E-state index >= 15 is 0 Å². The largest absolute Gasteiger partial charge is 0.489 e. The molecule has 0 bridgehead atoms. The number of hydrogen-bond donors (Lipinski definition) is 2. The predicted molar refractivity (Wildman–Crippen MR) is 157 cm³/mol. The van der Waals surface area contributed by atoms with Gasteiger partial charge in [0.25, 0.3) is 0 Å². The maximum absolute atomic E-state index is 14.9. The number of piperazine rings is 1. The number of nitrogens with zero attached hydrogens (tertiary/aromatic N) is 7. The summed E-state index contributed by atoms with van der Waals surface area (Å²) in [7, 11) is 0. The first kappa shape index (κ1) is 27.4. The van der Waals surface area contributed by atoms with Gasteiger partial charge in [-0.2, -0.15) is 9.50 Å². The van der Waals surface area contributed by atoms with Crippen LogP contribution in [0.3, 0.4) is 0 Å². The molecule has 12 nitrogen and oxygen atoms in total. The Kier molecular flexibility index (Phi) is 7.55. The van der Waals surface area contributed by atoms with E-state index in [-0.39, 0.29) is 35.1 Å². The molecule has 0 amide bonds. The molecule has 2 aliphatic heterocycles. The predicted octanol–water partition coefficient (Wildman–Crippen LogP) is 2.47. The number of halogens is 2. The molecule has 0 radical (unpaired) electrons. The number of ether oxygens (including phenoxy) is 1. The Morgan fingerprint density at radius 3 is 2.73 bits per heavy atom. The van der Waals surface area contributed by atoms with E-state index in [4.69, 9.17) is 14.9 Å².